The van der Waals surface area contributed by atoms with Crippen molar-refractivity contribution in [2.24, 2.45) is 0 Å². The van der Waals surface area contributed by atoms with Gasteiger partial charge in [-0.15, -0.1) is 0 Å². The molecule has 0 saturated carbocycles. The average Bonchev–Trinajstić information content (AvgIpc) is 3.03. The van der Waals surface area contributed by atoms with Crippen molar-refractivity contribution in [2.75, 3.05) is 6.61 Å². The van der Waals surface area contributed by atoms with E-state index >= 15 is 0 Å². The molecule has 0 unspecified atom stereocenters. The lowest BCUT2D eigenvalue weighted by molar-refractivity contribution is 0.321. The highest BCUT2D eigenvalue weighted by Crippen LogP contribution is 2.21. The normalized spacial score (nSPS) is 12.1. The van der Waals surface area contributed by atoms with E-state index in [0.29, 0.717) is 19.0 Å². The molecule has 0 aromatic carbocycles. The lowest BCUT2D eigenvalue weighted by Crippen LogP contribution is -2.19. The van der Waals surface area contributed by atoms with E-state index in [2.05, 4.69) is 34.2 Å². The van der Waals surface area contributed by atoms with Gasteiger partial charge in [-0.1, -0.05) is 12.1 Å². The summed E-state index contributed by atoms with van der Waals surface area (Å²) in [6.45, 7) is 7.44. The fraction of sp³-hybridized carbons (Fsp3) is 0.316. The van der Waals surface area contributed by atoms with Gasteiger partial charge in [-0.25, -0.2) is 14.6 Å². The van der Waals surface area contributed by atoms with Crippen LogP contribution < -0.4 is 10.1 Å². The zero-order valence-corrected chi connectivity index (χ0v) is 14.8. The molecule has 1 atom stereocenters. The predicted octanol–water partition coefficient (Wildman–Crippen LogP) is 3.22. The third-order valence-corrected chi connectivity index (χ3v) is 4.11. The Kier molecular flexibility index (Phi) is 5.40. The molecule has 0 amide bonds. The van der Waals surface area contributed by atoms with Gasteiger partial charge in [0.25, 0.3) is 0 Å². The van der Waals surface area contributed by atoms with Crippen LogP contribution in [-0.2, 0) is 6.54 Å². The van der Waals surface area contributed by atoms with E-state index in [1.165, 1.54) is 0 Å². The number of hydrogen-bond donors (Lipinski definition) is 1. The van der Waals surface area contributed by atoms with Gasteiger partial charge >= 0.3 is 0 Å². The monoisotopic (exact) mass is 337 g/mol. The predicted molar refractivity (Wildman–Crippen MR) is 96.8 cm³/mol. The van der Waals surface area contributed by atoms with Gasteiger partial charge in [-0.2, -0.15) is 5.10 Å². The van der Waals surface area contributed by atoms with Crippen LogP contribution in [0.3, 0.4) is 0 Å². The third kappa shape index (κ3) is 3.85. The van der Waals surface area contributed by atoms with Crippen LogP contribution >= 0.6 is 0 Å². The van der Waals surface area contributed by atoms with Gasteiger partial charge in [0, 0.05) is 41.8 Å². The highest BCUT2D eigenvalue weighted by molar-refractivity contribution is 5.30. The van der Waals surface area contributed by atoms with Gasteiger partial charge < -0.3 is 10.1 Å². The number of nitrogens with one attached hydrogen (secondary N) is 1. The Morgan fingerprint density at radius 1 is 1.16 bits per heavy atom. The van der Waals surface area contributed by atoms with E-state index in [1.807, 2.05) is 48.1 Å². The summed E-state index contributed by atoms with van der Waals surface area (Å²) in [4.78, 5) is 8.66. The summed E-state index contributed by atoms with van der Waals surface area (Å²) in [7, 11) is 0. The molecule has 0 aliphatic rings. The standard InChI is InChI=1S/C19H23N5O/c1-4-25-19-16(8-7-11-21-19)12-22-14(2)17-13-23-24(15(17)3)18-9-5-6-10-20-18/h5-11,13-14,22H,4,12H2,1-3H3/t14-/m1/s1. The van der Waals surface area contributed by atoms with Crippen LogP contribution in [0.2, 0.25) is 0 Å². The second-order valence-electron chi connectivity index (χ2n) is 5.79. The van der Waals surface area contributed by atoms with Crippen molar-refractivity contribution in [3.63, 3.8) is 0 Å². The van der Waals surface area contributed by atoms with E-state index in [0.717, 1.165) is 22.6 Å². The largest absolute Gasteiger partial charge is 0.478 e. The summed E-state index contributed by atoms with van der Waals surface area (Å²) in [5, 5.41) is 8.01. The van der Waals surface area contributed by atoms with Crippen molar-refractivity contribution in [1.29, 1.82) is 0 Å². The molecule has 130 valence electrons. The minimum absolute atomic E-state index is 0.146. The number of rotatable bonds is 7. The lowest BCUT2D eigenvalue weighted by Gasteiger charge is -2.15. The quantitative estimate of drug-likeness (QED) is 0.717. The Bertz CT molecular complexity index is 816. The Hall–Kier alpha value is -2.73. The molecule has 0 aliphatic heterocycles. The van der Waals surface area contributed by atoms with Crippen molar-refractivity contribution < 1.29 is 4.74 Å². The molecular weight excluding hydrogens is 314 g/mol. The van der Waals surface area contributed by atoms with Gasteiger partial charge in [0.1, 0.15) is 0 Å². The highest BCUT2D eigenvalue weighted by atomic mass is 16.5. The second-order valence-corrected chi connectivity index (χ2v) is 5.79. The maximum absolute atomic E-state index is 5.58. The van der Waals surface area contributed by atoms with Crippen molar-refractivity contribution in [1.82, 2.24) is 25.1 Å². The first kappa shape index (κ1) is 17.1. The molecule has 0 saturated heterocycles. The van der Waals surface area contributed by atoms with Crippen LogP contribution in [0.5, 0.6) is 5.88 Å². The smallest absolute Gasteiger partial charge is 0.217 e. The van der Waals surface area contributed by atoms with E-state index in [4.69, 9.17) is 4.74 Å². The number of hydrogen-bond acceptors (Lipinski definition) is 5. The minimum atomic E-state index is 0.146. The topological polar surface area (TPSA) is 64.9 Å². The molecule has 0 radical (unpaired) electrons. The molecule has 3 rings (SSSR count). The highest BCUT2D eigenvalue weighted by Gasteiger charge is 2.15. The van der Waals surface area contributed by atoms with Gasteiger partial charge in [0.2, 0.25) is 5.88 Å². The number of aromatic nitrogens is 4. The molecule has 1 N–H and O–H groups in total. The Balaban J connectivity index is 1.72. The molecule has 6 nitrogen and oxygen atoms in total. The maximum Gasteiger partial charge on any atom is 0.217 e. The Morgan fingerprint density at radius 2 is 2.00 bits per heavy atom. The molecule has 6 heteroatoms. The van der Waals surface area contributed by atoms with Crippen molar-refractivity contribution in [3.8, 4) is 11.7 Å². The zero-order chi connectivity index (χ0) is 17.6. The maximum atomic E-state index is 5.58. The van der Waals surface area contributed by atoms with Crippen LogP contribution in [0.1, 0.15) is 36.7 Å². The van der Waals surface area contributed by atoms with Crippen LogP contribution in [-0.4, -0.2) is 26.4 Å². The molecule has 3 aromatic rings. The van der Waals surface area contributed by atoms with Gasteiger partial charge in [0.15, 0.2) is 5.82 Å². The van der Waals surface area contributed by atoms with Crippen molar-refractivity contribution >= 4 is 0 Å². The van der Waals surface area contributed by atoms with Crippen LogP contribution in [0, 0.1) is 6.92 Å². The molecule has 3 aromatic heterocycles. The van der Waals surface area contributed by atoms with E-state index in [1.54, 1.807) is 12.4 Å². The SMILES string of the molecule is CCOc1ncccc1CN[C@H](C)c1cnn(-c2ccccn2)c1C. The molecule has 0 bridgehead atoms. The molecule has 25 heavy (non-hydrogen) atoms. The van der Waals surface area contributed by atoms with E-state index in [-0.39, 0.29) is 6.04 Å². The first-order valence-electron chi connectivity index (χ1n) is 8.46. The number of pyridine rings is 2. The van der Waals surface area contributed by atoms with Crippen LogP contribution in [0.15, 0.2) is 48.9 Å². The first-order valence-corrected chi connectivity index (χ1v) is 8.46. The molecule has 3 heterocycles. The van der Waals surface area contributed by atoms with E-state index in [9.17, 15) is 0 Å². The van der Waals surface area contributed by atoms with Gasteiger partial charge in [-0.05, 0) is 39.0 Å². The Morgan fingerprint density at radius 3 is 2.76 bits per heavy atom. The summed E-state index contributed by atoms with van der Waals surface area (Å²) >= 11 is 0. The molecule has 0 aliphatic carbocycles. The third-order valence-electron chi connectivity index (χ3n) is 4.11. The summed E-state index contributed by atoms with van der Waals surface area (Å²) in [5.74, 6) is 1.51. The average molecular weight is 337 g/mol. The summed E-state index contributed by atoms with van der Waals surface area (Å²) in [6, 6.07) is 9.91. The fourth-order valence-corrected chi connectivity index (χ4v) is 2.76. The van der Waals surface area contributed by atoms with Gasteiger partial charge in [-0.3, -0.25) is 0 Å². The second kappa shape index (κ2) is 7.90. The fourth-order valence-electron chi connectivity index (χ4n) is 2.76. The summed E-state index contributed by atoms with van der Waals surface area (Å²) < 4.78 is 7.45. The Labute approximate surface area is 147 Å². The van der Waals surface area contributed by atoms with Gasteiger partial charge in [0.05, 0.1) is 12.8 Å². The minimum Gasteiger partial charge on any atom is -0.478 e. The summed E-state index contributed by atoms with van der Waals surface area (Å²) in [5.41, 5.74) is 3.27. The molecule has 0 fully saturated rings. The summed E-state index contributed by atoms with van der Waals surface area (Å²) in [6.07, 6.45) is 5.42. The zero-order valence-electron chi connectivity index (χ0n) is 14.8. The molecular formula is C19H23N5O. The lowest BCUT2D eigenvalue weighted by atomic mass is 10.1. The van der Waals surface area contributed by atoms with Crippen LogP contribution in [0.4, 0.5) is 0 Å². The number of ether oxygens (including phenoxy) is 1. The van der Waals surface area contributed by atoms with Crippen LogP contribution in [0.25, 0.3) is 5.82 Å². The van der Waals surface area contributed by atoms with E-state index < -0.39 is 0 Å². The van der Waals surface area contributed by atoms with Crippen molar-refractivity contribution in [3.05, 3.63) is 65.7 Å². The first-order chi connectivity index (χ1) is 12.2. The molecule has 0 spiro atoms. The number of nitrogens with zero attached hydrogens (tertiary/aromatic N) is 4. The van der Waals surface area contributed by atoms with Crippen molar-refractivity contribution in [2.45, 2.75) is 33.4 Å².